The third-order valence-corrected chi connectivity index (χ3v) is 3.95. The summed E-state index contributed by atoms with van der Waals surface area (Å²) in [5.41, 5.74) is 3.26. The number of anilines is 2. The lowest BCUT2D eigenvalue weighted by atomic mass is 10.1. The molecule has 0 saturated carbocycles. The molecule has 0 bridgehead atoms. The molecule has 0 spiro atoms. The molecule has 0 fully saturated rings. The topological polar surface area (TPSA) is 59.1 Å². The van der Waals surface area contributed by atoms with Crippen LogP contribution >= 0.6 is 0 Å². The number of benzene rings is 2. The normalized spacial score (nSPS) is 10.5. The Bertz CT molecular complexity index is 794. The lowest BCUT2D eigenvalue weighted by molar-refractivity contribution is 0.210. The molecular formula is C21H24N4O. The van der Waals surface area contributed by atoms with Gasteiger partial charge >= 0.3 is 0 Å². The summed E-state index contributed by atoms with van der Waals surface area (Å²) in [5.74, 6) is 1.42. The smallest absolute Gasteiger partial charge is 0.225 e. The first-order valence-corrected chi connectivity index (χ1v) is 8.80. The van der Waals surface area contributed by atoms with Crippen LogP contribution in [0, 0.1) is 0 Å². The van der Waals surface area contributed by atoms with E-state index in [1.54, 1.807) is 7.11 Å². The Kier molecular flexibility index (Phi) is 6.56. The maximum absolute atomic E-state index is 5.09. The van der Waals surface area contributed by atoms with Crippen molar-refractivity contribution in [2.45, 2.75) is 6.42 Å². The minimum atomic E-state index is 0.602. The molecule has 3 rings (SSSR count). The number of hydrogen-bond donors (Lipinski definition) is 2. The van der Waals surface area contributed by atoms with Gasteiger partial charge in [0.15, 0.2) is 0 Å². The average molecular weight is 348 g/mol. The van der Waals surface area contributed by atoms with Crippen LogP contribution in [0.5, 0.6) is 0 Å². The summed E-state index contributed by atoms with van der Waals surface area (Å²) in [6, 6.07) is 22.5. The molecule has 0 unspecified atom stereocenters. The van der Waals surface area contributed by atoms with Crippen molar-refractivity contribution in [2.24, 2.45) is 0 Å². The minimum absolute atomic E-state index is 0.602. The van der Waals surface area contributed by atoms with E-state index < -0.39 is 0 Å². The van der Waals surface area contributed by atoms with Crippen LogP contribution in [0.1, 0.15) is 5.56 Å². The van der Waals surface area contributed by atoms with E-state index in [2.05, 4.69) is 57.0 Å². The molecule has 26 heavy (non-hydrogen) atoms. The maximum atomic E-state index is 5.09. The molecule has 2 aromatic carbocycles. The van der Waals surface area contributed by atoms with Crippen LogP contribution in [0.15, 0.2) is 66.7 Å². The molecule has 1 heterocycles. The number of hydrogen-bond acceptors (Lipinski definition) is 5. The number of methoxy groups -OCH3 is 1. The highest BCUT2D eigenvalue weighted by Crippen LogP contribution is 2.21. The molecule has 0 aliphatic rings. The average Bonchev–Trinajstić information content (AvgIpc) is 2.70. The Morgan fingerprint density at radius 1 is 0.846 bits per heavy atom. The van der Waals surface area contributed by atoms with Crippen molar-refractivity contribution >= 4 is 11.8 Å². The lowest BCUT2D eigenvalue weighted by Crippen LogP contribution is -2.13. The molecule has 0 radical (unpaired) electrons. The van der Waals surface area contributed by atoms with Gasteiger partial charge < -0.3 is 15.4 Å². The SMILES string of the molecule is COCCNc1nc(NCCc2ccccc2)cc(-c2ccccc2)n1. The number of ether oxygens (including phenoxy) is 1. The molecule has 0 aliphatic heterocycles. The van der Waals surface area contributed by atoms with Gasteiger partial charge in [-0.05, 0) is 12.0 Å². The van der Waals surface area contributed by atoms with Crippen LogP contribution in [0.3, 0.4) is 0 Å². The lowest BCUT2D eigenvalue weighted by Gasteiger charge is -2.11. The van der Waals surface area contributed by atoms with Crippen molar-refractivity contribution in [3.8, 4) is 11.3 Å². The molecule has 3 aromatic rings. The molecule has 2 N–H and O–H groups in total. The highest BCUT2D eigenvalue weighted by molar-refractivity contribution is 5.64. The summed E-state index contributed by atoms with van der Waals surface area (Å²) in [7, 11) is 1.68. The highest BCUT2D eigenvalue weighted by Gasteiger charge is 2.06. The Labute approximate surface area is 154 Å². The van der Waals surface area contributed by atoms with Crippen molar-refractivity contribution in [1.82, 2.24) is 9.97 Å². The zero-order valence-electron chi connectivity index (χ0n) is 15.0. The summed E-state index contributed by atoms with van der Waals surface area (Å²) in [4.78, 5) is 9.20. The Morgan fingerprint density at radius 3 is 2.31 bits per heavy atom. The van der Waals surface area contributed by atoms with Gasteiger partial charge in [-0.2, -0.15) is 4.98 Å². The first kappa shape index (κ1) is 17.9. The van der Waals surface area contributed by atoms with Crippen molar-refractivity contribution in [3.05, 3.63) is 72.3 Å². The van der Waals surface area contributed by atoms with E-state index in [4.69, 9.17) is 4.74 Å². The standard InChI is InChI=1S/C21H24N4O/c1-26-15-14-23-21-24-19(18-10-6-3-7-11-18)16-20(25-21)22-13-12-17-8-4-2-5-9-17/h2-11,16H,12-15H2,1H3,(H2,22,23,24,25). The number of nitrogens with zero attached hydrogens (tertiary/aromatic N) is 2. The molecule has 5 heteroatoms. The van der Waals surface area contributed by atoms with Gasteiger partial charge in [0, 0.05) is 31.8 Å². The monoisotopic (exact) mass is 348 g/mol. The van der Waals surface area contributed by atoms with Crippen LogP contribution < -0.4 is 10.6 Å². The third kappa shape index (κ3) is 5.29. The van der Waals surface area contributed by atoms with Gasteiger partial charge in [0.05, 0.1) is 12.3 Å². The molecule has 0 aliphatic carbocycles. The summed E-state index contributed by atoms with van der Waals surface area (Å²) in [6.45, 7) is 2.08. The number of nitrogens with one attached hydrogen (secondary N) is 2. The fraction of sp³-hybridized carbons (Fsp3) is 0.238. The van der Waals surface area contributed by atoms with E-state index in [1.807, 2.05) is 30.3 Å². The van der Waals surface area contributed by atoms with E-state index in [0.717, 1.165) is 30.0 Å². The fourth-order valence-electron chi connectivity index (χ4n) is 2.62. The number of aromatic nitrogens is 2. The van der Waals surface area contributed by atoms with Gasteiger partial charge in [-0.3, -0.25) is 0 Å². The molecule has 1 aromatic heterocycles. The zero-order valence-corrected chi connectivity index (χ0v) is 15.0. The Hall–Kier alpha value is -2.92. The summed E-state index contributed by atoms with van der Waals surface area (Å²) in [6.07, 6.45) is 0.942. The molecular weight excluding hydrogens is 324 g/mol. The first-order valence-electron chi connectivity index (χ1n) is 8.80. The van der Waals surface area contributed by atoms with Crippen molar-refractivity contribution in [2.75, 3.05) is 37.4 Å². The van der Waals surface area contributed by atoms with Gasteiger partial charge in [0.25, 0.3) is 0 Å². The molecule has 5 nitrogen and oxygen atoms in total. The van der Waals surface area contributed by atoms with Crippen molar-refractivity contribution < 1.29 is 4.74 Å². The van der Waals surface area contributed by atoms with E-state index >= 15 is 0 Å². The van der Waals surface area contributed by atoms with Crippen LogP contribution in [-0.4, -0.2) is 36.8 Å². The van der Waals surface area contributed by atoms with E-state index in [-0.39, 0.29) is 0 Å². The molecule has 134 valence electrons. The summed E-state index contributed by atoms with van der Waals surface area (Å²) < 4.78 is 5.09. The van der Waals surface area contributed by atoms with Gasteiger partial charge in [-0.1, -0.05) is 60.7 Å². The molecule has 0 amide bonds. The van der Waals surface area contributed by atoms with E-state index in [9.17, 15) is 0 Å². The largest absolute Gasteiger partial charge is 0.383 e. The van der Waals surface area contributed by atoms with Crippen LogP contribution in [0.25, 0.3) is 11.3 Å². The zero-order chi connectivity index (χ0) is 18.0. The van der Waals surface area contributed by atoms with Crippen LogP contribution in [0.4, 0.5) is 11.8 Å². The second-order valence-electron chi connectivity index (χ2n) is 5.91. The quantitative estimate of drug-likeness (QED) is 0.575. The molecule has 0 atom stereocenters. The summed E-state index contributed by atoms with van der Waals surface area (Å²) >= 11 is 0. The van der Waals surface area contributed by atoms with Gasteiger partial charge in [0.1, 0.15) is 5.82 Å². The minimum Gasteiger partial charge on any atom is -0.383 e. The van der Waals surface area contributed by atoms with E-state index in [0.29, 0.717) is 19.1 Å². The van der Waals surface area contributed by atoms with E-state index in [1.165, 1.54) is 5.56 Å². The van der Waals surface area contributed by atoms with Gasteiger partial charge in [-0.15, -0.1) is 0 Å². The van der Waals surface area contributed by atoms with Gasteiger partial charge in [0.2, 0.25) is 5.95 Å². The predicted molar refractivity (Wildman–Crippen MR) is 106 cm³/mol. The van der Waals surface area contributed by atoms with Gasteiger partial charge in [-0.25, -0.2) is 4.98 Å². The van der Waals surface area contributed by atoms with Crippen LogP contribution in [-0.2, 0) is 11.2 Å². The summed E-state index contributed by atoms with van der Waals surface area (Å²) in [5, 5.41) is 6.63. The Balaban J connectivity index is 1.73. The molecule has 0 saturated heterocycles. The second-order valence-corrected chi connectivity index (χ2v) is 5.91. The third-order valence-electron chi connectivity index (χ3n) is 3.95. The highest BCUT2D eigenvalue weighted by atomic mass is 16.5. The van der Waals surface area contributed by atoms with Crippen molar-refractivity contribution in [1.29, 1.82) is 0 Å². The van der Waals surface area contributed by atoms with Crippen molar-refractivity contribution in [3.63, 3.8) is 0 Å². The maximum Gasteiger partial charge on any atom is 0.225 e. The first-order chi connectivity index (χ1) is 12.8. The fourth-order valence-corrected chi connectivity index (χ4v) is 2.62. The predicted octanol–water partition coefficient (Wildman–Crippen LogP) is 3.86. The number of rotatable bonds is 9. The van der Waals surface area contributed by atoms with Crippen LogP contribution in [0.2, 0.25) is 0 Å². The second kappa shape index (κ2) is 9.53. The Morgan fingerprint density at radius 2 is 1.58 bits per heavy atom.